The number of rotatable bonds is 10. The molecule has 19 heavy (non-hydrogen) atoms. The first-order valence-corrected chi connectivity index (χ1v) is 8.54. The fraction of sp³-hybridized carbons (Fsp3) is 0.625. The molecule has 1 aromatic carbocycles. The lowest BCUT2D eigenvalue weighted by atomic mass is 10.0. The summed E-state index contributed by atoms with van der Waals surface area (Å²) in [5.41, 5.74) is 4.34. The smallest absolute Gasteiger partial charge is 0.0250 e. The van der Waals surface area contributed by atoms with E-state index in [1.165, 1.54) is 54.1 Å². The Morgan fingerprint density at radius 3 is 2.32 bits per heavy atom. The van der Waals surface area contributed by atoms with Gasteiger partial charge in [0.05, 0.1) is 0 Å². The van der Waals surface area contributed by atoms with Crippen molar-refractivity contribution in [2.45, 2.75) is 64.3 Å². The number of hydrogen-bond donors (Lipinski definition) is 2. The standard InChI is InChI=1S/C16H27IN2/c1-2-3-4-5-6-7-8-16(19-18)13-14-9-11-15(17)12-10-14/h9-12,16,19H,2-8,13,18H2,1H3. The van der Waals surface area contributed by atoms with E-state index >= 15 is 0 Å². The number of hydrazine groups is 1. The van der Waals surface area contributed by atoms with Crippen LogP contribution in [0.2, 0.25) is 0 Å². The van der Waals surface area contributed by atoms with Gasteiger partial charge in [0.25, 0.3) is 0 Å². The largest absolute Gasteiger partial charge is 0.271 e. The normalized spacial score (nSPS) is 12.6. The Morgan fingerprint density at radius 1 is 1.05 bits per heavy atom. The summed E-state index contributed by atoms with van der Waals surface area (Å²) in [5.74, 6) is 5.66. The molecule has 0 aliphatic carbocycles. The Morgan fingerprint density at radius 2 is 1.68 bits per heavy atom. The minimum Gasteiger partial charge on any atom is -0.271 e. The molecule has 0 fully saturated rings. The summed E-state index contributed by atoms with van der Waals surface area (Å²) in [6.07, 6.45) is 10.3. The Bertz CT molecular complexity index is 324. The predicted octanol–water partition coefficient (Wildman–Crippen LogP) is 4.42. The maximum absolute atomic E-state index is 5.66. The number of nitrogens with two attached hydrogens (primary N) is 1. The average Bonchev–Trinajstić information content (AvgIpc) is 2.43. The fourth-order valence-corrected chi connectivity index (χ4v) is 2.68. The van der Waals surface area contributed by atoms with Crippen LogP contribution in [0.3, 0.4) is 0 Å². The average molecular weight is 374 g/mol. The van der Waals surface area contributed by atoms with Crippen LogP contribution in [0.25, 0.3) is 0 Å². The second-order valence-electron chi connectivity index (χ2n) is 5.25. The fourth-order valence-electron chi connectivity index (χ4n) is 2.32. The van der Waals surface area contributed by atoms with Crippen LogP contribution in [0.15, 0.2) is 24.3 Å². The number of nitrogens with one attached hydrogen (secondary N) is 1. The Labute approximate surface area is 131 Å². The first-order chi connectivity index (χ1) is 9.26. The zero-order valence-corrected chi connectivity index (χ0v) is 14.2. The SMILES string of the molecule is CCCCCCCCC(Cc1ccc(I)cc1)NN. The zero-order valence-electron chi connectivity index (χ0n) is 12.0. The molecule has 1 atom stereocenters. The van der Waals surface area contributed by atoms with Crippen molar-refractivity contribution in [3.05, 3.63) is 33.4 Å². The van der Waals surface area contributed by atoms with Gasteiger partial charge in [0.15, 0.2) is 0 Å². The van der Waals surface area contributed by atoms with Crippen LogP contribution in [0.1, 0.15) is 57.4 Å². The second kappa shape index (κ2) is 10.6. The maximum Gasteiger partial charge on any atom is 0.0250 e. The summed E-state index contributed by atoms with van der Waals surface area (Å²) in [7, 11) is 0. The summed E-state index contributed by atoms with van der Waals surface area (Å²) in [6, 6.07) is 9.13. The summed E-state index contributed by atoms with van der Waals surface area (Å²) >= 11 is 2.34. The second-order valence-corrected chi connectivity index (χ2v) is 6.50. The van der Waals surface area contributed by atoms with Gasteiger partial charge in [-0.25, -0.2) is 0 Å². The van der Waals surface area contributed by atoms with Crippen LogP contribution < -0.4 is 11.3 Å². The van der Waals surface area contributed by atoms with Crippen molar-refractivity contribution in [3.63, 3.8) is 0 Å². The molecule has 0 saturated carbocycles. The number of hydrogen-bond acceptors (Lipinski definition) is 2. The minimum absolute atomic E-state index is 0.409. The van der Waals surface area contributed by atoms with Gasteiger partial charge in [0.1, 0.15) is 0 Å². The Balaban J connectivity index is 2.20. The zero-order chi connectivity index (χ0) is 13.9. The van der Waals surface area contributed by atoms with Gasteiger partial charge in [-0.1, -0.05) is 57.6 Å². The summed E-state index contributed by atoms with van der Waals surface area (Å²) in [5, 5.41) is 0. The van der Waals surface area contributed by atoms with Crippen molar-refractivity contribution < 1.29 is 0 Å². The molecule has 0 amide bonds. The number of benzene rings is 1. The molecule has 0 bridgehead atoms. The lowest BCUT2D eigenvalue weighted by molar-refractivity contribution is 0.459. The molecule has 0 heterocycles. The van der Waals surface area contributed by atoms with Crippen molar-refractivity contribution in [3.8, 4) is 0 Å². The van der Waals surface area contributed by atoms with E-state index in [2.05, 4.69) is 59.2 Å². The van der Waals surface area contributed by atoms with Crippen molar-refractivity contribution in [1.29, 1.82) is 0 Å². The van der Waals surface area contributed by atoms with Crippen LogP contribution in [0, 0.1) is 3.57 Å². The van der Waals surface area contributed by atoms with E-state index in [1.54, 1.807) is 0 Å². The molecule has 1 unspecified atom stereocenters. The van der Waals surface area contributed by atoms with Gasteiger partial charge in [-0.05, 0) is 53.1 Å². The number of unbranched alkanes of at least 4 members (excludes halogenated alkanes) is 5. The third-order valence-electron chi connectivity index (χ3n) is 3.54. The van der Waals surface area contributed by atoms with Crippen molar-refractivity contribution in [1.82, 2.24) is 5.43 Å². The molecule has 1 aromatic rings. The van der Waals surface area contributed by atoms with Gasteiger partial charge in [0.2, 0.25) is 0 Å². The van der Waals surface area contributed by atoms with Crippen LogP contribution in [-0.2, 0) is 6.42 Å². The summed E-state index contributed by atoms with van der Waals surface area (Å²) in [6.45, 7) is 2.26. The van der Waals surface area contributed by atoms with Gasteiger partial charge >= 0.3 is 0 Å². The van der Waals surface area contributed by atoms with E-state index < -0.39 is 0 Å². The third-order valence-corrected chi connectivity index (χ3v) is 4.26. The van der Waals surface area contributed by atoms with Crippen LogP contribution in [-0.4, -0.2) is 6.04 Å². The summed E-state index contributed by atoms with van der Waals surface area (Å²) in [4.78, 5) is 0. The Hall–Kier alpha value is -0.130. The molecule has 0 aliphatic rings. The lowest BCUT2D eigenvalue weighted by Gasteiger charge is -2.16. The van der Waals surface area contributed by atoms with E-state index in [4.69, 9.17) is 5.84 Å². The molecule has 0 radical (unpaired) electrons. The quantitative estimate of drug-likeness (QED) is 0.275. The first kappa shape index (κ1) is 16.9. The van der Waals surface area contributed by atoms with Crippen LogP contribution >= 0.6 is 22.6 Å². The molecule has 3 heteroatoms. The molecule has 0 saturated heterocycles. The first-order valence-electron chi connectivity index (χ1n) is 7.46. The van der Waals surface area contributed by atoms with Crippen LogP contribution in [0.5, 0.6) is 0 Å². The number of halogens is 1. The van der Waals surface area contributed by atoms with Crippen molar-refractivity contribution in [2.24, 2.45) is 5.84 Å². The van der Waals surface area contributed by atoms with Gasteiger partial charge in [-0.3, -0.25) is 11.3 Å². The minimum atomic E-state index is 0.409. The molecule has 108 valence electrons. The van der Waals surface area contributed by atoms with Crippen molar-refractivity contribution in [2.75, 3.05) is 0 Å². The molecular weight excluding hydrogens is 347 g/mol. The molecule has 0 aliphatic heterocycles. The molecule has 3 N–H and O–H groups in total. The van der Waals surface area contributed by atoms with Crippen molar-refractivity contribution >= 4 is 22.6 Å². The molecule has 0 aromatic heterocycles. The monoisotopic (exact) mass is 374 g/mol. The topological polar surface area (TPSA) is 38.0 Å². The molecule has 2 nitrogen and oxygen atoms in total. The maximum atomic E-state index is 5.66. The summed E-state index contributed by atoms with van der Waals surface area (Å²) < 4.78 is 1.29. The van der Waals surface area contributed by atoms with E-state index in [1.807, 2.05) is 0 Å². The molecule has 0 spiro atoms. The van der Waals surface area contributed by atoms with E-state index in [-0.39, 0.29) is 0 Å². The van der Waals surface area contributed by atoms with Gasteiger partial charge in [-0.15, -0.1) is 0 Å². The molecule has 1 rings (SSSR count). The van der Waals surface area contributed by atoms with E-state index in [9.17, 15) is 0 Å². The lowest BCUT2D eigenvalue weighted by Crippen LogP contribution is -2.36. The molecular formula is C16H27IN2. The highest BCUT2D eigenvalue weighted by Crippen LogP contribution is 2.13. The third kappa shape index (κ3) is 7.90. The van der Waals surface area contributed by atoms with Crippen LogP contribution in [0.4, 0.5) is 0 Å². The predicted molar refractivity (Wildman–Crippen MR) is 92.0 cm³/mol. The van der Waals surface area contributed by atoms with Gasteiger partial charge in [-0.2, -0.15) is 0 Å². The van der Waals surface area contributed by atoms with E-state index in [0.29, 0.717) is 6.04 Å². The highest BCUT2D eigenvalue weighted by molar-refractivity contribution is 14.1. The van der Waals surface area contributed by atoms with Gasteiger partial charge < -0.3 is 0 Å². The Kier molecular flexibility index (Phi) is 9.47. The van der Waals surface area contributed by atoms with E-state index in [0.717, 1.165) is 6.42 Å². The highest BCUT2D eigenvalue weighted by Gasteiger charge is 2.07. The van der Waals surface area contributed by atoms with Gasteiger partial charge in [0, 0.05) is 9.61 Å². The highest BCUT2D eigenvalue weighted by atomic mass is 127.